The maximum Gasteiger partial charge on any atom is 0.407 e. The van der Waals surface area contributed by atoms with Crippen LogP contribution in [0.1, 0.15) is 101 Å². The van der Waals surface area contributed by atoms with Crippen molar-refractivity contribution in [3.8, 4) is 0 Å². The fraction of sp³-hybridized carbons (Fsp3) is 0.833. The standard InChI is InChI=1S/C14H22F6O3.C14H24F4O6.C14H23NO6/c1-4-11(2,3)10(22)23-6-5-12(15,16)7-13(17,18)8-14(19,20)9-21;1-4-12(2,3)11(20)23-8-7-22-10-14(17,18)24-13(15,16)9-21-6-5-19;1-5-11(16)19-8-7-15-13(18)21-10-9-20-12(17)14(3,4)6-2/h21H,4-9H2,1-3H3;19H,4-10H2,1-3H3;5H,1,6-10H2,2-4H3,(H,15,18). The molecule has 0 aliphatic carbocycles. The summed E-state index contributed by atoms with van der Waals surface area (Å²) in [5.41, 5.74) is -2.14. The van der Waals surface area contributed by atoms with Gasteiger partial charge in [0, 0.05) is 12.5 Å². The van der Waals surface area contributed by atoms with E-state index in [0.29, 0.717) is 19.3 Å². The van der Waals surface area contributed by atoms with Crippen molar-refractivity contribution in [3.05, 3.63) is 12.7 Å². The summed E-state index contributed by atoms with van der Waals surface area (Å²) in [4.78, 5) is 56.7. The van der Waals surface area contributed by atoms with E-state index in [2.05, 4.69) is 35.6 Å². The lowest BCUT2D eigenvalue weighted by molar-refractivity contribution is -0.393. The van der Waals surface area contributed by atoms with E-state index in [9.17, 15) is 67.9 Å². The van der Waals surface area contributed by atoms with E-state index < -0.39 is 136 Å². The molecule has 0 saturated heterocycles. The molecule has 0 aromatic rings. The normalized spacial score (nSPS) is 12.6. The van der Waals surface area contributed by atoms with Gasteiger partial charge in [-0.15, -0.1) is 0 Å². The predicted molar refractivity (Wildman–Crippen MR) is 221 cm³/mol. The molecule has 3 N–H and O–H groups in total. The van der Waals surface area contributed by atoms with Gasteiger partial charge in [-0.1, -0.05) is 27.4 Å². The third-order valence-corrected chi connectivity index (χ3v) is 9.14. The average molecular weight is 1020 g/mol. The molecule has 0 spiro atoms. The van der Waals surface area contributed by atoms with E-state index in [1.165, 1.54) is 0 Å². The minimum Gasteiger partial charge on any atom is -0.465 e. The number of nitrogens with one attached hydrogen (secondary N) is 1. The maximum atomic E-state index is 13.4. The Bertz CT molecular complexity index is 1500. The Labute approximate surface area is 390 Å². The Morgan fingerprint density at radius 2 is 0.926 bits per heavy atom. The minimum absolute atomic E-state index is 0.00112. The third kappa shape index (κ3) is 34.3. The molecule has 68 heavy (non-hydrogen) atoms. The first-order chi connectivity index (χ1) is 30.9. The number of alkyl carbamates (subject to hydrolysis) is 1. The molecule has 0 unspecified atom stereocenters. The number of hydrogen-bond donors (Lipinski definition) is 3. The van der Waals surface area contributed by atoms with Crippen LogP contribution in [0.5, 0.6) is 0 Å². The number of carbonyl (C=O) groups is 5. The van der Waals surface area contributed by atoms with Crippen molar-refractivity contribution in [2.45, 2.75) is 131 Å². The van der Waals surface area contributed by atoms with E-state index in [4.69, 9.17) is 24.4 Å². The third-order valence-electron chi connectivity index (χ3n) is 9.14. The van der Waals surface area contributed by atoms with Crippen LogP contribution in [-0.2, 0) is 57.1 Å². The molecule has 26 heteroatoms. The zero-order valence-corrected chi connectivity index (χ0v) is 40.0. The second-order valence-corrected chi connectivity index (χ2v) is 16.6. The van der Waals surface area contributed by atoms with Crippen molar-refractivity contribution in [1.29, 1.82) is 0 Å². The Morgan fingerprint density at radius 3 is 1.34 bits per heavy atom. The molecule has 0 aromatic heterocycles. The summed E-state index contributed by atoms with van der Waals surface area (Å²) in [6.07, 6.45) is -12.0. The topological polar surface area (TPSA) is 212 Å². The lowest BCUT2D eigenvalue weighted by Gasteiger charge is -2.26. The van der Waals surface area contributed by atoms with Gasteiger partial charge in [-0.25, -0.2) is 35.9 Å². The van der Waals surface area contributed by atoms with Crippen molar-refractivity contribution in [1.82, 2.24) is 5.32 Å². The molecule has 0 bridgehead atoms. The van der Waals surface area contributed by atoms with Crippen LogP contribution in [0.4, 0.5) is 48.7 Å². The molecule has 0 aliphatic heterocycles. The fourth-order valence-electron chi connectivity index (χ4n) is 3.88. The number of hydrogen-bond acceptors (Lipinski definition) is 15. The number of ether oxygens (including phenoxy) is 8. The van der Waals surface area contributed by atoms with Gasteiger partial charge in [0.05, 0.1) is 62.1 Å². The number of alkyl halides is 10. The zero-order valence-electron chi connectivity index (χ0n) is 40.0. The summed E-state index contributed by atoms with van der Waals surface area (Å²) in [5.74, 6) is -14.6. The summed E-state index contributed by atoms with van der Waals surface area (Å²) in [6.45, 7) is 11.6. The number of carbonyl (C=O) groups excluding carboxylic acids is 5. The van der Waals surface area contributed by atoms with Crippen molar-refractivity contribution in [2.24, 2.45) is 16.2 Å². The van der Waals surface area contributed by atoms with Crippen molar-refractivity contribution in [2.75, 3.05) is 79.2 Å². The number of halogens is 10. The van der Waals surface area contributed by atoms with E-state index >= 15 is 0 Å². The Hall–Kier alpha value is -4.01. The largest absolute Gasteiger partial charge is 0.465 e. The number of aliphatic hydroxyl groups excluding tert-OH is 2. The van der Waals surface area contributed by atoms with Crippen LogP contribution in [0.3, 0.4) is 0 Å². The van der Waals surface area contributed by atoms with E-state index in [-0.39, 0.29) is 38.9 Å². The van der Waals surface area contributed by atoms with E-state index in [1.54, 1.807) is 55.4 Å². The van der Waals surface area contributed by atoms with Crippen LogP contribution < -0.4 is 5.32 Å². The van der Waals surface area contributed by atoms with E-state index in [1.807, 2.05) is 6.92 Å². The summed E-state index contributed by atoms with van der Waals surface area (Å²) < 4.78 is 167. The maximum absolute atomic E-state index is 13.4. The molecule has 0 fully saturated rings. The second-order valence-electron chi connectivity index (χ2n) is 16.6. The summed E-state index contributed by atoms with van der Waals surface area (Å²) in [5, 5.41) is 19.0. The molecule has 1 amide bonds. The Morgan fingerprint density at radius 1 is 0.529 bits per heavy atom. The van der Waals surface area contributed by atoms with Gasteiger partial charge >= 0.3 is 42.2 Å². The predicted octanol–water partition coefficient (Wildman–Crippen LogP) is 7.65. The van der Waals surface area contributed by atoms with Crippen LogP contribution in [0, 0.1) is 16.2 Å². The van der Waals surface area contributed by atoms with Gasteiger partial charge in [0.1, 0.15) is 46.2 Å². The summed E-state index contributed by atoms with van der Waals surface area (Å²) >= 11 is 0. The first kappa shape index (κ1) is 68.3. The first-order valence-corrected chi connectivity index (χ1v) is 21.1. The molecule has 0 aliphatic rings. The Balaban J connectivity index is -0.000000934. The number of amides is 1. The summed E-state index contributed by atoms with van der Waals surface area (Å²) in [6, 6.07) is 0. The molecule has 0 rings (SSSR count). The molecular weight excluding hydrogens is 948 g/mol. The number of rotatable bonds is 32. The van der Waals surface area contributed by atoms with Gasteiger partial charge < -0.3 is 48.7 Å². The summed E-state index contributed by atoms with van der Waals surface area (Å²) in [7, 11) is 0. The molecule has 16 nitrogen and oxygen atoms in total. The van der Waals surface area contributed by atoms with Crippen LogP contribution in [0.25, 0.3) is 0 Å². The Kier molecular flexibility index (Phi) is 32.1. The quantitative estimate of drug-likeness (QED) is 0.0194. The van der Waals surface area contributed by atoms with Crippen molar-refractivity contribution in [3.63, 3.8) is 0 Å². The fourth-order valence-corrected chi connectivity index (χ4v) is 3.88. The van der Waals surface area contributed by atoms with Gasteiger partial charge in [0.2, 0.25) is 0 Å². The first-order valence-electron chi connectivity index (χ1n) is 21.1. The highest BCUT2D eigenvalue weighted by molar-refractivity contribution is 5.81. The van der Waals surface area contributed by atoms with Crippen molar-refractivity contribution < 1.29 is 116 Å². The molecule has 0 heterocycles. The highest BCUT2D eigenvalue weighted by Gasteiger charge is 2.49. The minimum atomic E-state index is -4.36. The molecule has 0 saturated carbocycles. The highest BCUT2D eigenvalue weighted by atomic mass is 19.3. The van der Waals surface area contributed by atoms with Crippen LogP contribution in [-0.4, -0.2) is 149 Å². The smallest absolute Gasteiger partial charge is 0.407 e. The van der Waals surface area contributed by atoms with Gasteiger partial charge in [0.25, 0.3) is 17.8 Å². The van der Waals surface area contributed by atoms with Crippen LogP contribution in [0.2, 0.25) is 0 Å². The van der Waals surface area contributed by atoms with Crippen molar-refractivity contribution >= 4 is 30.0 Å². The van der Waals surface area contributed by atoms with Crippen LogP contribution >= 0.6 is 0 Å². The molecule has 0 radical (unpaired) electrons. The lowest BCUT2D eigenvalue weighted by Crippen LogP contribution is -2.40. The molecule has 0 atom stereocenters. The SMILES string of the molecule is C=CC(=O)OCCNC(=O)OCCOC(=O)C(C)(C)CC.CCC(C)(C)C(=O)OCCC(F)(F)CC(F)(F)CC(F)(F)CO.CCC(C)(C)C(=O)OCCOCC(F)(F)OC(F)(F)COCCO. The van der Waals surface area contributed by atoms with Gasteiger partial charge in [-0.2, -0.15) is 17.6 Å². The monoisotopic (exact) mass is 1020 g/mol. The van der Waals surface area contributed by atoms with Gasteiger partial charge in [0.15, 0.2) is 0 Å². The number of esters is 4. The van der Waals surface area contributed by atoms with Gasteiger partial charge in [-0.3, -0.25) is 19.1 Å². The average Bonchev–Trinajstić information content (AvgIpc) is 3.22. The van der Waals surface area contributed by atoms with Gasteiger partial charge in [-0.05, 0) is 60.8 Å². The second kappa shape index (κ2) is 32.0. The number of aliphatic hydroxyl groups is 2. The molecule has 0 aromatic carbocycles. The van der Waals surface area contributed by atoms with E-state index in [0.717, 1.165) is 6.08 Å². The zero-order chi connectivity index (χ0) is 53.7. The lowest BCUT2D eigenvalue weighted by atomic mass is 9.91. The highest BCUT2D eigenvalue weighted by Crippen LogP contribution is 2.39. The van der Waals surface area contributed by atoms with Crippen LogP contribution in [0.15, 0.2) is 12.7 Å². The molecular formula is C42H69F10NO15. The molecule has 402 valence electrons.